The van der Waals surface area contributed by atoms with Gasteiger partial charge in [0.1, 0.15) is 5.76 Å². The van der Waals surface area contributed by atoms with E-state index in [1.807, 2.05) is 25.1 Å². The number of furan rings is 1. The monoisotopic (exact) mass is 295 g/mol. The lowest BCUT2D eigenvalue weighted by molar-refractivity contribution is 0.527. The lowest BCUT2D eigenvalue weighted by Gasteiger charge is -2.10. The van der Waals surface area contributed by atoms with Gasteiger partial charge in [0.25, 0.3) is 0 Å². The Hall–Kier alpha value is -0.900. The SMILES string of the molecule is CCCNCc1ccc(Cl)cc1Sc1ccoc1C. The molecule has 0 saturated carbocycles. The molecule has 2 rings (SSSR count). The number of hydrogen-bond donors (Lipinski definition) is 1. The van der Waals surface area contributed by atoms with E-state index in [0.717, 1.165) is 35.2 Å². The molecule has 1 N–H and O–H groups in total. The van der Waals surface area contributed by atoms with Crippen LogP contribution in [0, 0.1) is 6.92 Å². The van der Waals surface area contributed by atoms with Crippen LogP contribution in [0.5, 0.6) is 0 Å². The number of aryl methyl sites for hydroxylation is 1. The van der Waals surface area contributed by atoms with E-state index < -0.39 is 0 Å². The summed E-state index contributed by atoms with van der Waals surface area (Å²) in [5.74, 6) is 0.942. The van der Waals surface area contributed by atoms with E-state index in [9.17, 15) is 0 Å². The van der Waals surface area contributed by atoms with E-state index in [0.29, 0.717) is 0 Å². The van der Waals surface area contributed by atoms with Gasteiger partial charge in [0, 0.05) is 16.5 Å². The van der Waals surface area contributed by atoms with E-state index in [1.54, 1.807) is 18.0 Å². The van der Waals surface area contributed by atoms with Gasteiger partial charge in [-0.2, -0.15) is 0 Å². The van der Waals surface area contributed by atoms with Crippen LogP contribution in [0.25, 0.3) is 0 Å². The number of benzene rings is 1. The molecule has 19 heavy (non-hydrogen) atoms. The fourth-order valence-corrected chi connectivity index (χ4v) is 3.01. The van der Waals surface area contributed by atoms with Gasteiger partial charge in [-0.05, 0) is 43.7 Å². The highest BCUT2D eigenvalue weighted by atomic mass is 35.5. The van der Waals surface area contributed by atoms with Gasteiger partial charge < -0.3 is 9.73 Å². The van der Waals surface area contributed by atoms with E-state index >= 15 is 0 Å². The Bertz CT molecular complexity index is 539. The molecule has 0 fully saturated rings. The van der Waals surface area contributed by atoms with E-state index in [4.69, 9.17) is 16.0 Å². The Morgan fingerprint density at radius 2 is 2.11 bits per heavy atom. The van der Waals surface area contributed by atoms with Gasteiger partial charge in [-0.25, -0.2) is 0 Å². The molecule has 4 heteroatoms. The topological polar surface area (TPSA) is 25.2 Å². The van der Waals surface area contributed by atoms with Crippen LogP contribution in [-0.4, -0.2) is 6.54 Å². The largest absolute Gasteiger partial charge is 0.468 e. The summed E-state index contributed by atoms with van der Waals surface area (Å²) in [4.78, 5) is 2.32. The third-order valence-electron chi connectivity index (χ3n) is 2.80. The number of nitrogens with one attached hydrogen (secondary N) is 1. The molecule has 1 aromatic heterocycles. The maximum atomic E-state index is 6.10. The van der Waals surface area contributed by atoms with Crippen molar-refractivity contribution in [2.45, 2.75) is 36.6 Å². The molecule has 102 valence electrons. The molecule has 2 aromatic rings. The Balaban J connectivity index is 2.17. The smallest absolute Gasteiger partial charge is 0.114 e. The number of halogens is 1. The molecule has 0 spiro atoms. The molecule has 0 saturated heterocycles. The van der Waals surface area contributed by atoms with Crippen molar-refractivity contribution in [1.29, 1.82) is 0 Å². The Kier molecular flexibility index (Phi) is 5.37. The van der Waals surface area contributed by atoms with Crippen LogP contribution in [0.1, 0.15) is 24.7 Å². The third kappa shape index (κ3) is 4.03. The Morgan fingerprint density at radius 3 is 2.79 bits per heavy atom. The van der Waals surface area contributed by atoms with Crippen LogP contribution < -0.4 is 5.32 Å². The minimum absolute atomic E-state index is 0.767. The van der Waals surface area contributed by atoms with Crippen molar-refractivity contribution in [3.05, 3.63) is 46.9 Å². The van der Waals surface area contributed by atoms with Gasteiger partial charge in [0.15, 0.2) is 0 Å². The van der Waals surface area contributed by atoms with Crippen LogP contribution in [-0.2, 0) is 6.54 Å². The van der Waals surface area contributed by atoms with Crippen molar-refractivity contribution in [3.63, 3.8) is 0 Å². The first-order chi connectivity index (χ1) is 9.20. The summed E-state index contributed by atoms with van der Waals surface area (Å²) in [7, 11) is 0. The van der Waals surface area contributed by atoms with Crippen molar-refractivity contribution in [2.24, 2.45) is 0 Å². The summed E-state index contributed by atoms with van der Waals surface area (Å²) in [6.07, 6.45) is 2.86. The van der Waals surface area contributed by atoms with Gasteiger partial charge >= 0.3 is 0 Å². The minimum atomic E-state index is 0.767. The molecule has 2 nitrogen and oxygen atoms in total. The fraction of sp³-hybridized carbons (Fsp3) is 0.333. The summed E-state index contributed by atoms with van der Waals surface area (Å²) >= 11 is 7.80. The van der Waals surface area contributed by atoms with Gasteiger partial charge in [0.05, 0.1) is 11.2 Å². The molecule has 0 aliphatic carbocycles. The van der Waals surface area contributed by atoms with Crippen LogP contribution in [0.15, 0.2) is 44.7 Å². The van der Waals surface area contributed by atoms with Crippen molar-refractivity contribution in [1.82, 2.24) is 5.32 Å². The van der Waals surface area contributed by atoms with E-state index in [2.05, 4.69) is 18.3 Å². The van der Waals surface area contributed by atoms with Crippen molar-refractivity contribution < 1.29 is 4.42 Å². The maximum Gasteiger partial charge on any atom is 0.114 e. The molecule has 0 bridgehead atoms. The summed E-state index contributed by atoms with van der Waals surface area (Å²) in [5, 5.41) is 4.19. The zero-order chi connectivity index (χ0) is 13.7. The molecule has 0 amide bonds. The van der Waals surface area contributed by atoms with Crippen LogP contribution in [0.3, 0.4) is 0 Å². The molecule has 1 heterocycles. The predicted molar refractivity (Wildman–Crippen MR) is 81.0 cm³/mol. The van der Waals surface area contributed by atoms with Gasteiger partial charge in [-0.15, -0.1) is 0 Å². The van der Waals surface area contributed by atoms with Gasteiger partial charge in [-0.1, -0.05) is 36.4 Å². The number of rotatable bonds is 6. The third-order valence-corrected chi connectivity index (χ3v) is 4.28. The second-order valence-corrected chi connectivity index (χ2v) is 5.89. The summed E-state index contributed by atoms with van der Waals surface area (Å²) in [6.45, 7) is 6.03. The highest BCUT2D eigenvalue weighted by Gasteiger charge is 2.08. The average molecular weight is 296 g/mol. The molecule has 0 radical (unpaired) electrons. The molecule has 1 aromatic carbocycles. The molecular formula is C15H18ClNOS. The fourth-order valence-electron chi connectivity index (χ4n) is 1.77. The number of hydrogen-bond acceptors (Lipinski definition) is 3. The maximum absolute atomic E-state index is 6.10. The lowest BCUT2D eigenvalue weighted by Crippen LogP contribution is -2.14. The highest BCUT2D eigenvalue weighted by molar-refractivity contribution is 7.99. The van der Waals surface area contributed by atoms with E-state index in [-0.39, 0.29) is 0 Å². The predicted octanol–water partition coefficient (Wildman–Crippen LogP) is 4.89. The standard InChI is InChI=1S/C15H18ClNOS/c1-3-7-17-10-12-4-5-13(16)9-15(12)19-14-6-8-18-11(14)2/h4-6,8-9,17H,3,7,10H2,1-2H3. The van der Waals surface area contributed by atoms with E-state index in [1.165, 1.54) is 10.5 Å². The normalized spacial score (nSPS) is 10.9. The van der Waals surface area contributed by atoms with Crippen molar-refractivity contribution in [3.8, 4) is 0 Å². The second kappa shape index (κ2) is 7.04. The van der Waals surface area contributed by atoms with Crippen LogP contribution >= 0.6 is 23.4 Å². The first-order valence-electron chi connectivity index (χ1n) is 6.41. The Morgan fingerprint density at radius 1 is 1.26 bits per heavy atom. The minimum Gasteiger partial charge on any atom is -0.468 e. The quantitative estimate of drug-likeness (QED) is 0.768. The zero-order valence-corrected chi connectivity index (χ0v) is 12.8. The second-order valence-electron chi connectivity index (χ2n) is 4.37. The average Bonchev–Trinajstić information content (AvgIpc) is 2.78. The molecule has 0 atom stereocenters. The van der Waals surface area contributed by atoms with Crippen LogP contribution in [0.2, 0.25) is 5.02 Å². The summed E-state index contributed by atoms with van der Waals surface area (Å²) in [5.41, 5.74) is 1.27. The lowest BCUT2D eigenvalue weighted by atomic mass is 10.2. The first kappa shape index (κ1) is 14.5. The molecule has 0 unspecified atom stereocenters. The summed E-state index contributed by atoms with van der Waals surface area (Å²) in [6, 6.07) is 8.03. The van der Waals surface area contributed by atoms with Crippen molar-refractivity contribution in [2.75, 3.05) is 6.54 Å². The van der Waals surface area contributed by atoms with Crippen molar-refractivity contribution >= 4 is 23.4 Å². The first-order valence-corrected chi connectivity index (χ1v) is 7.61. The van der Waals surface area contributed by atoms with Gasteiger partial charge in [0.2, 0.25) is 0 Å². The molecule has 0 aliphatic heterocycles. The Labute approximate surface area is 123 Å². The van der Waals surface area contributed by atoms with Gasteiger partial charge in [-0.3, -0.25) is 0 Å². The highest BCUT2D eigenvalue weighted by Crippen LogP contribution is 2.34. The van der Waals surface area contributed by atoms with Crippen LogP contribution in [0.4, 0.5) is 0 Å². The zero-order valence-electron chi connectivity index (χ0n) is 11.2. The molecular weight excluding hydrogens is 278 g/mol. The molecule has 0 aliphatic rings. The summed E-state index contributed by atoms with van der Waals surface area (Å²) < 4.78 is 5.34.